The van der Waals surface area contributed by atoms with Crippen molar-refractivity contribution in [1.29, 1.82) is 0 Å². The average Bonchev–Trinajstić information content (AvgIpc) is 2.90. The number of nitrogens with one attached hydrogen (secondary N) is 1. The first-order valence-electron chi connectivity index (χ1n) is 10.0. The number of fused-ring (bicyclic) bond motifs is 1. The van der Waals surface area contributed by atoms with E-state index in [-0.39, 0.29) is 36.1 Å². The molecule has 1 aliphatic heterocycles. The Kier molecular flexibility index (Phi) is 5.92. The number of amides is 1. The van der Waals surface area contributed by atoms with Crippen molar-refractivity contribution in [2.45, 2.75) is 44.8 Å². The number of aryl methyl sites for hydroxylation is 1. The molecule has 1 aliphatic rings. The quantitative estimate of drug-likeness (QED) is 0.677. The Morgan fingerprint density at radius 1 is 1.10 bits per heavy atom. The largest absolute Gasteiger partial charge is 0.353 e. The molecule has 0 fully saturated rings. The van der Waals surface area contributed by atoms with Gasteiger partial charge in [-0.05, 0) is 36.6 Å². The lowest BCUT2D eigenvalue weighted by molar-refractivity contribution is -0.121. The molecule has 1 amide bonds. The third-order valence-electron chi connectivity index (χ3n) is 5.41. The number of carbonyl (C=O) groups is 1. The molecule has 3 aromatic rings. The highest BCUT2D eigenvalue weighted by atomic mass is 19.2. The molecule has 1 unspecified atom stereocenters. The van der Waals surface area contributed by atoms with E-state index in [2.05, 4.69) is 10.4 Å². The molecule has 0 radical (unpaired) electrons. The maximum absolute atomic E-state index is 13.8. The average molecular weight is 430 g/mol. The minimum absolute atomic E-state index is 0.00253. The molecular weight excluding hydrogens is 409 g/mol. The van der Waals surface area contributed by atoms with Crippen molar-refractivity contribution in [3.05, 3.63) is 87.4 Å². The molecule has 0 spiro atoms. The number of benzene rings is 2. The molecule has 6 nitrogen and oxygen atoms in total. The van der Waals surface area contributed by atoms with Crippen molar-refractivity contribution in [2.75, 3.05) is 0 Å². The smallest absolute Gasteiger partial charge is 0.346 e. The number of hydrogen-bond acceptors (Lipinski definition) is 3. The highest BCUT2D eigenvalue weighted by molar-refractivity contribution is 5.78. The zero-order valence-corrected chi connectivity index (χ0v) is 16.7. The Morgan fingerprint density at radius 2 is 1.87 bits per heavy atom. The Bertz CT molecular complexity index is 1150. The summed E-state index contributed by atoms with van der Waals surface area (Å²) in [6.45, 7) is 0.634. The summed E-state index contributed by atoms with van der Waals surface area (Å²) < 4.78 is 43.1. The summed E-state index contributed by atoms with van der Waals surface area (Å²) in [7, 11) is 0. The summed E-state index contributed by atoms with van der Waals surface area (Å²) >= 11 is 0. The Morgan fingerprint density at radius 3 is 2.65 bits per heavy atom. The molecule has 1 aromatic heterocycles. The first kappa shape index (κ1) is 20.9. The summed E-state index contributed by atoms with van der Waals surface area (Å²) in [5, 5.41) is 7.24. The molecule has 0 aliphatic carbocycles. The van der Waals surface area contributed by atoms with Crippen LogP contribution < -0.4 is 11.0 Å². The highest BCUT2D eigenvalue weighted by Gasteiger charge is 2.22. The van der Waals surface area contributed by atoms with Crippen molar-refractivity contribution in [1.82, 2.24) is 19.7 Å². The Labute approximate surface area is 176 Å². The van der Waals surface area contributed by atoms with E-state index in [1.807, 2.05) is 0 Å². The molecule has 0 saturated heterocycles. The molecule has 31 heavy (non-hydrogen) atoms. The van der Waals surface area contributed by atoms with Crippen molar-refractivity contribution in [3.8, 4) is 0 Å². The molecule has 0 bridgehead atoms. The van der Waals surface area contributed by atoms with Gasteiger partial charge in [-0.25, -0.2) is 22.6 Å². The maximum atomic E-state index is 13.8. The van der Waals surface area contributed by atoms with Gasteiger partial charge < -0.3 is 5.32 Å². The van der Waals surface area contributed by atoms with Crippen LogP contribution in [0.4, 0.5) is 13.2 Å². The van der Waals surface area contributed by atoms with E-state index in [9.17, 15) is 22.8 Å². The molecule has 0 saturated carbocycles. The first-order valence-corrected chi connectivity index (χ1v) is 10.0. The van der Waals surface area contributed by atoms with Gasteiger partial charge in [-0.2, -0.15) is 5.10 Å². The highest BCUT2D eigenvalue weighted by Crippen LogP contribution is 2.15. The van der Waals surface area contributed by atoms with Gasteiger partial charge in [-0.1, -0.05) is 24.3 Å². The van der Waals surface area contributed by atoms with E-state index in [4.69, 9.17) is 0 Å². The fourth-order valence-electron chi connectivity index (χ4n) is 3.77. The second-order valence-corrected chi connectivity index (χ2v) is 7.62. The molecule has 162 valence electrons. The van der Waals surface area contributed by atoms with Crippen molar-refractivity contribution < 1.29 is 18.0 Å². The standard InChI is InChI=1S/C22H21F3N4O2/c23-16-6-4-14(5-7-16)13-29-22(31)28-11-10-17(8-9-19(28)27-29)26-20(30)12-15-2-1-3-18(24)21(15)25/h1-7,17H,8-13H2,(H,26,30). The van der Waals surface area contributed by atoms with Crippen LogP contribution in [-0.2, 0) is 30.7 Å². The van der Waals surface area contributed by atoms with Crippen LogP contribution in [0.2, 0.25) is 0 Å². The Hall–Kier alpha value is -3.36. The predicted molar refractivity (Wildman–Crippen MR) is 107 cm³/mol. The number of nitrogens with zero attached hydrogens (tertiary/aromatic N) is 3. The number of hydrogen-bond donors (Lipinski definition) is 1. The first-order chi connectivity index (χ1) is 14.9. The summed E-state index contributed by atoms with van der Waals surface area (Å²) in [5.74, 6) is -2.12. The van der Waals surface area contributed by atoms with Gasteiger partial charge in [0, 0.05) is 24.6 Å². The number of carbonyl (C=O) groups excluding carboxylic acids is 1. The normalized spacial score (nSPS) is 15.9. The van der Waals surface area contributed by atoms with Crippen LogP contribution in [0.25, 0.3) is 0 Å². The fourth-order valence-corrected chi connectivity index (χ4v) is 3.77. The molecular formula is C22H21F3N4O2. The van der Waals surface area contributed by atoms with Crippen LogP contribution in [0.3, 0.4) is 0 Å². The summed E-state index contributed by atoms with van der Waals surface area (Å²) in [6.07, 6.45) is 1.33. The van der Waals surface area contributed by atoms with E-state index in [1.165, 1.54) is 28.9 Å². The minimum Gasteiger partial charge on any atom is -0.353 e. The zero-order chi connectivity index (χ0) is 22.0. The van der Waals surface area contributed by atoms with Crippen LogP contribution in [-0.4, -0.2) is 26.3 Å². The zero-order valence-electron chi connectivity index (χ0n) is 16.7. The molecule has 4 rings (SSSR count). The lowest BCUT2D eigenvalue weighted by atomic mass is 10.1. The van der Waals surface area contributed by atoms with Crippen molar-refractivity contribution >= 4 is 5.91 Å². The number of aromatic nitrogens is 3. The van der Waals surface area contributed by atoms with Gasteiger partial charge in [0.15, 0.2) is 11.6 Å². The Balaban J connectivity index is 1.38. The van der Waals surface area contributed by atoms with Crippen LogP contribution >= 0.6 is 0 Å². The maximum Gasteiger partial charge on any atom is 0.346 e. The van der Waals surface area contributed by atoms with Gasteiger partial charge in [0.2, 0.25) is 5.91 Å². The molecule has 1 N–H and O–H groups in total. The van der Waals surface area contributed by atoms with Crippen LogP contribution in [0.15, 0.2) is 47.3 Å². The van der Waals surface area contributed by atoms with Crippen LogP contribution in [0.5, 0.6) is 0 Å². The summed E-state index contributed by atoms with van der Waals surface area (Å²) in [5.41, 5.74) is 0.516. The third kappa shape index (κ3) is 4.70. The number of halogens is 3. The van der Waals surface area contributed by atoms with Gasteiger partial charge in [0.1, 0.15) is 11.6 Å². The van der Waals surface area contributed by atoms with E-state index in [1.54, 1.807) is 16.7 Å². The van der Waals surface area contributed by atoms with E-state index >= 15 is 0 Å². The van der Waals surface area contributed by atoms with E-state index in [0.717, 1.165) is 11.6 Å². The van der Waals surface area contributed by atoms with Crippen molar-refractivity contribution in [2.24, 2.45) is 0 Å². The minimum atomic E-state index is -1.01. The second kappa shape index (κ2) is 8.79. The van der Waals surface area contributed by atoms with Crippen molar-refractivity contribution in [3.63, 3.8) is 0 Å². The lowest BCUT2D eigenvalue weighted by Gasteiger charge is -2.16. The van der Waals surface area contributed by atoms with Gasteiger partial charge in [0.05, 0.1) is 13.0 Å². The summed E-state index contributed by atoms with van der Waals surface area (Å²) in [6, 6.07) is 9.45. The van der Waals surface area contributed by atoms with Gasteiger partial charge in [-0.15, -0.1) is 0 Å². The van der Waals surface area contributed by atoms with Gasteiger partial charge >= 0.3 is 5.69 Å². The van der Waals surface area contributed by atoms with Crippen LogP contribution in [0.1, 0.15) is 29.8 Å². The van der Waals surface area contributed by atoms with Gasteiger partial charge in [0.25, 0.3) is 0 Å². The van der Waals surface area contributed by atoms with E-state index in [0.29, 0.717) is 31.6 Å². The second-order valence-electron chi connectivity index (χ2n) is 7.62. The van der Waals surface area contributed by atoms with E-state index < -0.39 is 17.5 Å². The van der Waals surface area contributed by atoms with Gasteiger partial charge in [-0.3, -0.25) is 9.36 Å². The molecule has 2 aromatic carbocycles. The molecule has 2 heterocycles. The van der Waals surface area contributed by atoms with Crippen LogP contribution in [0, 0.1) is 17.5 Å². The number of rotatable bonds is 5. The molecule has 9 heteroatoms. The topological polar surface area (TPSA) is 68.9 Å². The monoisotopic (exact) mass is 430 g/mol. The molecule has 1 atom stereocenters. The lowest BCUT2D eigenvalue weighted by Crippen LogP contribution is -2.37. The third-order valence-corrected chi connectivity index (χ3v) is 5.41. The fraction of sp³-hybridized carbons (Fsp3) is 0.318. The predicted octanol–water partition coefficient (Wildman–Crippen LogP) is 2.57. The SMILES string of the molecule is O=C(Cc1cccc(F)c1F)NC1CCc2nn(Cc3ccc(F)cc3)c(=O)n2CC1. The summed E-state index contributed by atoms with van der Waals surface area (Å²) in [4.78, 5) is 25.0.